The lowest BCUT2D eigenvalue weighted by atomic mass is 10.0. The summed E-state index contributed by atoms with van der Waals surface area (Å²) in [6.45, 7) is 0. The topological polar surface area (TPSA) is 34.1 Å². The number of hydrogen-bond donors (Lipinski definition) is 0. The van der Waals surface area contributed by atoms with Crippen LogP contribution in [0.2, 0.25) is 0 Å². The van der Waals surface area contributed by atoms with Gasteiger partial charge in [-0.15, -0.1) is 0 Å². The predicted molar refractivity (Wildman–Crippen MR) is 76.0 cm³/mol. The molecule has 0 radical (unpaired) electrons. The van der Waals surface area contributed by atoms with E-state index in [9.17, 15) is 14.0 Å². The smallest absolute Gasteiger partial charge is 0.185 e. The summed E-state index contributed by atoms with van der Waals surface area (Å²) in [5, 5.41) is 0. The molecule has 0 saturated heterocycles. The lowest BCUT2D eigenvalue weighted by molar-refractivity contribution is -0.107. The number of rotatable bonds is 5. The number of aldehydes is 1. The normalized spacial score (nSPS) is 10.7. The average Bonchev–Trinajstić information content (AvgIpc) is 2.47. The van der Waals surface area contributed by atoms with Crippen molar-refractivity contribution in [2.75, 3.05) is 0 Å². The summed E-state index contributed by atoms with van der Waals surface area (Å²) < 4.78 is 12.8. The van der Waals surface area contributed by atoms with Gasteiger partial charge >= 0.3 is 0 Å². The Labute approximate surface area is 116 Å². The molecule has 2 aromatic carbocycles. The molecule has 0 aromatic heterocycles. The molecular formula is C17H13FO2. The van der Waals surface area contributed by atoms with Gasteiger partial charge in [-0.05, 0) is 41.5 Å². The fourth-order valence-electron chi connectivity index (χ4n) is 1.85. The van der Waals surface area contributed by atoms with Gasteiger partial charge in [0.2, 0.25) is 0 Å². The first-order chi connectivity index (χ1) is 9.70. The molecule has 0 bridgehead atoms. The maximum absolute atomic E-state index is 12.8. The molecule has 0 aliphatic rings. The molecule has 20 heavy (non-hydrogen) atoms. The maximum Gasteiger partial charge on any atom is 0.185 e. The Hall–Kier alpha value is -2.55. The minimum atomic E-state index is -0.373. The summed E-state index contributed by atoms with van der Waals surface area (Å²) in [6.07, 6.45) is 4.24. The summed E-state index contributed by atoms with van der Waals surface area (Å²) >= 11 is 0. The van der Waals surface area contributed by atoms with E-state index in [4.69, 9.17) is 0 Å². The summed E-state index contributed by atoms with van der Waals surface area (Å²) in [4.78, 5) is 22.5. The molecule has 0 atom stereocenters. The third kappa shape index (κ3) is 3.48. The third-order valence-electron chi connectivity index (χ3n) is 2.90. The first-order valence-corrected chi connectivity index (χ1v) is 6.20. The summed E-state index contributed by atoms with van der Waals surface area (Å²) in [6, 6.07) is 12.8. The molecule has 0 N–H and O–H groups in total. The van der Waals surface area contributed by atoms with E-state index in [-0.39, 0.29) is 11.6 Å². The summed E-state index contributed by atoms with van der Waals surface area (Å²) in [5.74, 6) is -0.576. The zero-order valence-electron chi connectivity index (χ0n) is 10.8. The van der Waals surface area contributed by atoms with Crippen LogP contribution in [0.25, 0.3) is 6.08 Å². The molecule has 100 valence electrons. The van der Waals surface area contributed by atoms with Gasteiger partial charge in [-0.1, -0.05) is 30.3 Å². The van der Waals surface area contributed by atoms with Crippen LogP contribution in [0.4, 0.5) is 4.39 Å². The third-order valence-corrected chi connectivity index (χ3v) is 2.90. The quantitative estimate of drug-likeness (QED) is 0.473. The van der Waals surface area contributed by atoms with Crippen molar-refractivity contribution in [3.05, 3.63) is 77.1 Å². The van der Waals surface area contributed by atoms with E-state index < -0.39 is 0 Å². The minimum absolute atomic E-state index is 0.203. The van der Waals surface area contributed by atoms with Crippen molar-refractivity contribution in [1.29, 1.82) is 0 Å². The van der Waals surface area contributed by atoms with Crippen LogP contribution in [0, 0.1) is 5.82 Å². The summed E-state index contributed by atoms with van der Waals surface area (Å²) in [5.41, 5.74) is 2.12. The van der Waals surface area contributed by atoms with E-state index in [2.05, 4.69) is 0 Å². The van der Waals surface area contributed by atoms with Gasteiger partial charge in [-0.25, -0.2) is 4.39 Å². The molecular weight excluding hydrogens is 255 g/mol. The predicted octanol–water partition coefficient (Wildman–Crippen LogP) is 3.46. The van der Waals surface area contributed by atoms with Crippen LogP contribution < -0.4 is 0 Å². The van der Waals surface area contributed by atoms with Crippen LogP contribution in [-0.2, 0) is 11.2 Å². The van der Waals surface area contributed by atoms with Crippen LogP contribution in [-0.4, -0.2) is 12.1 Å². The largest absolute Gasteiger partial charge is 0.303 e. The molecule has 3 heteroatoms. The van der Waals surface area contributed by atoms with Gasteiger partial charge in [-0.2, -0.15) is 0 Å². The maximum atomic E-state index is 12.8. The Bertz CT molecular complexity index is 642. The van der Waals surface area contributed by atoms with Gasteiger partial charge < -0.3 is 4.79 Å². The first kappa shape index (κ1) is 13.9. The van der Waals surface area contributed by atoms with Crippen LogP contribution >= 0.6 is 0 Å². The number of carbonyl (C=O) groups excluding carboxylic acids is 2. The van der Waals surface area contributed by atoms with E-state index in [1.165, 1.54) is 30.3 Å². The highest BCUT2D eigenvalue weighted by Gasteiger charge is 2.03. The Balaban J connectivity index is 2.18. The van der Waals surface area contributed by atoms with E-state index in [1.54, 1.807) is 6.08 Å². The number of halogens is 1. The number of allylic oxidation sites excluding steroid dienone is 1. The molecule has 2 rings (SSSR count). The highest BCUT2D eigenvalue weighted by molar-refractivity contribution is 6.06. The Morgan fingerprint density at radius 3 is 2.45 bits per heavy atom. The molecule has 2 nitrogen and oxygen atoms in total. The zero-order chi connectivity index (χ0) is 14.4. The van der Waals surface area contributed by atoms with E-state index >= 15 is 0 Å². The van der Waals surface area contributed by atoms with Crippen molar-refractivity contribution < 1.29 is 14.0 Å². The van der Waals surface area contributed by atoms with Crippen LogP contribution in [0.1, 0.15) is 21.5 Å². The van der Waals surface area contributed by atoms with Crippen molar-refractivity contribution in [1.82, 2.24) is 0 Å². The second kappa shape index (κ2) is 6.57. The fourth-order valence-corrected chi connectivity index (χ4v) is 1.85. The summed E-state index contributed by atoms with van der Waals surface area (Å²) in [7, 11) is 0. The van der Waals surface area contributed by atoms with Gasteiger partial charge in [-0.3, -0.25) is 4.79 Å². The van der Waals surface area contributed by atoms with Crippen molar-refractivity contribution in [2.24, 2.45) is 0 Å². The Morgan fingerprint density at radius 2 is 1.75 bits per heavy atom. The molecule has 2 aromatic rings. The van der Waals surface area contributed by atoms with Crippen molar-refractivity contribution in [2.45, 2.75) is 6.42 Å². The Kier molecular flexibility index (Phi) is 4.56. The molecule has 0 aliphatic heterocycles. The van der Waals surface area contributed by atoms with E-state index in [1.807, 2.05) is 24.3 Å². The highest BCUT2D eigenvalue weighted by Crippen LogP contribution is 2.12. The van der Waals surface area contributed by atoms with Crippen molar-refractivity contribution >= 4 is 18.1 Å². The first-order valence-electron chi connectivity index (χ1n) is 6.20. The van der Waals surface area contributed by atoms with Gasteiger partial charge in [0.25, 0.3) is 0 Å². The van der Waals surface area contributed by atoms with Crippen molar-refractivity contribution in [3.63, 3.8) is 0 Å². The molecule has 0 spiro atoms. The van der Waals surface area contributed by atoms with Gasteiger partial charge in [0.1, 0.15) is 12.1 Å². The Morgan fingerprint density at radius 1 is 1.05 bits per heavy atom. The lowest BCUT2D eigenvalue weighted by Gasteiger charge is -2.01. The number of ketones is 1. The minimum Gasteiger partial charge on any atom is -0.303 e. The SMILES string of the molecule is O=CCc1ccccc1/C=C/C(=O)c1ccc(F)cc1. The number of hydrogen-bond acceptors (Lipinski definition) is 2. The molecule has 0 aliphatic carbocycles. The van der Waals surface area contributed by atoms with Crippen LogP contribution in [0.3, 0.4) is 0 Å². The van der Waals surface area contributed by atoms with Gasteiger partial charge in [0.05, 0.1) is 0 Å². The highest BCUT2D eigenvalue weighted by atomic mass is 19.1. The van der Waals surface area contributed by atoms with Crippen LogP contribution in [0.5, 0.6) is 0 Å². The second-order valence-electron chi connectivity index (χ2n) is 4.27. The zero-order valence-corrected chi connectivity index (χ0v) is 10.8. The van der Waals surface area contributed by atoms with Gasteiger partial charge in [0.15, 0.2) is 5.78 Å². The molecule has 0 fully saturated rings. The van der Waals surface area contributed by atoms with Crippen molar-refractivity contribution in [3.8, 4) is 0 Å². The van der Waals surface area contributed by atoms with E-state index in [0.717, 1.165) is 17.4 Å². The van der Waals surface area contributed by atoms with Crippen LogP contribution in [0.15, 0.2) is 54.6 Å². The molecule has 0 heterocycles. The standard InChI is InChI=1S/C17H13FO2/c18-16-8-5-15(6-9-16)17(20)10-7-13-3-1-2-4-14(13)11-12-19/h1-10,12H,11H2/b10-7+. The molecule has 0 saturated carbocycles. The monoisotopic (exact) mass is 268 g/mol. The van der Waals surface area contributed by atoms with Gasteiger partial charge in [0, 0.05) is 12.0 Å². The molecule has 0 amide bonds. The van der Waals surface area contributed by atoms with E-state index in [0.29, 0.717) is 12.0 Å². The second-order valence-corrected chi connectivity index (χ2v) is 4.27. The number of benzene rings is 2. The fraction of sp³-hybridized carbons (Fsp3) is 0.0588. The molecule has 0 unspecified atom stereocenters. The number of carbonyl (C=O) groups is 2. The average molecular weight is 268 g/mol. The lowest BCUT2D eigenvalue weighted by Crippen LogP contribution is -1.95.